The molecule has 0 saturated heterocycles. The number of anilines is 4. The first kappa shape index (κ1) is 21.6. The second kappa shape index (κ2) is 9.27. The summed E-state index contributed by atoms with van der Waals surface area (Å²) < 4.78 is 0. The predicted octanol–water partition coefficient (Wildman–Crippen LogP) is 7.43. The van der Waals surface area contributed by atoms with E-state index in [0.717, 1.165) is 33.6 Å². The zero-order chi connectivity index (χ0) is 22.7. The molecule has 0 aliphatic rings. The number of hydrogen-bond donors (Lipinski definition) is 2. The van der Waals surface area contributed by atoms with Gasteiger partial charge in [0.25, 0.3) is 0 Å². The Balaban J connectivity index is 1.57. The van der Waals surface area contributed by atoms with Crippen LogP contribution in [0.2, 0.25) is 10.0 Å². The van der Waals surface area contributed by atoms with Crippen molar-refractivity contribution in [1.29, 1.82) is 5.26 Å². The molecule has 32 heavy (non-hydrogen) atoms. The molecule has 1 aromatic heterocycles. The van der Waals surface area contributed by atoms with Gasteiger partial charge in [-0.15, -0.1) is 0 Å². The summed E-state index contributed by atoms with van der Waals surface area (Å²) in [7, 11) is 0. The van der Waals surface area contributed by atoms with Gasteiger partial charge in [-0.3, -0.25) is 0 Å². The number of halogens is 2. The van der Waals surface area contributed by atoms with Crippen molar-refractivity contribution in [3.63, 3.8) is 0 Å². The zero-order valence-electron chi connectivity index (χ0n) is 17.4. The number of nitrogens with one attached hydrogen (secondary N) is 2. The van der Waals surface area contributed by atoms with E-state index in [9.17, 15) is 0 Å². The quantitative estimate of drug-likeness (QED) is 0.324. The fraction of sp³-hybridized carbons (Fsp3) is 0.0800. The maximum absolute atomic E-state index is 8.93. The van der Waals surface area contributed by atoms with Crippen LogP contribution in [0, 0.1) is 25.2 Å². The molecule has 1 heterocycles. The van der Waals surface area contributed by atoms with E-state index in [1.54, 1.807) is 24.4 Å². The van der Waals surface area contributed by atoms with E-state index < -0.39 is 0 Å². The van der Waals surface area contributed by atoms with Crippen LogP contribution >= 0.6 is 23.2 Å². The lowest BCUT2D eigenvalue weighted by Gasteiger charge is -2.15. The van der Waals surface area contributed by atoms with Gasteiger partial charge in [0.15, 0.2) is 0 Å². The van der Waals surface area contributed by atoms with Gasteiger partial charge < -0.3 is 10.6 Å². The molecule has 5 nitrogen and oxygen atoms in total. The van der Waals surface area contributed by atoms with Crippen molar-refractivity contribution in [2.24, 2.45) is 0 Å². The highest BCUT2D eigenvalue weighted by Crippen LogP contribution is 2.33. The third-order valence-electron chi connectivity index (χ3n) is 4.91. The molecule has 0 spiro atoms. The Hall–Kier alpha value is -3.59. The maximum Gasteiger partial charge on any atom is 0.229 e. The molecule has 0 saturated carbocycles. The van der Waals surface area contributed by atoms with Gasteiger partial charge in [-0.2, -0.15) is 10.2 Å². The average molecular weight is 460 g/mol. The summed E-state index contributed by atoms with van der Waals surface area (Å²) in [5.74, 6) is 1.13. The fourth-order valence-corrected chi connectivity index (χ4v) is 3.95. The summed E-state index contributed by atoms with van der Waals surface area (Å²) in [5.41, 5.74) is 6.52. The molecule has 0 bridgehead atoms. The smallest absolute Gasteiger partial charge is 0.229 e. The topological polar surface area (TPSA) is 73.6 Å². The van der Waals surface area contributed by atoms with Gasteiger partial charge in [0.2, 0.25) is 5.95 Å². The molecule has 4 rings (SSSR count). The molecule has 0 radical (unpaired) electrons. The van der Waals surface area contributed by atoms with Crippen LogP contribution in [0.5, 0.6) is 0 Å². The standard InChI is InChI=1S/C25H19Cl2N5/c1-15-9-18(19-11-20(26)13-21(27)12-19)10-16(2)24(15)31-23-7-8-29-25(32-23)30-22-5-3-17(14-28)4-6-22/h3-13H,1-2H3,(H2,29,30,31,32). The van der Waals surface area contributed by atoms with E-state index in [0.29, 0.717) is 27.4 Å². The van der Waals surface area contributed by atoms with Gasteiger partial charge in [0.05, 0.1) is 11.6 Å². The minimum atomic E-state index is 0.459. The molecule has 0 aliphatic heterocycles. The van der Waals surface area contributed by atoms with Crippen LogP contribution < -0.4 is 10.6 Å². The monoisotopic (exact) mass is 459 g/mol. The fourth-order valence-electron chi connectivity index (χ4n) is 3.42. The Labute approximate surface area is 196 Å². The molecule has 0 aliphatic carbocycles. The highest BCUT2D eigenvalue weighted by molar-refractivity contribution is 6.35. The SMILES string of the molecule is Cc1cc(-c2cc(Cl)cc(Cl)c2)cc(C)c1Nc1ccnc(Nc2ccc(C#N)cc2)n1. The summed E-state index contributed by atoms with van der Waals surface area (Å²) in [5, 5.41) is 16.7. The molecule has 4 aromatic rings. The van der Waals surface area contributed by atoms with Crippen molar-refractivity contribution < 1.29 is 0 Å². The first-order valence-electron chi connectivity index (χ1n) is 9.86. The Bertz CT molecular complexity index is 1280. The molecular weight excluding hydrogens is 441 g/mol. The van der Waals surface area contributed by atoms with Gasteiger partial charge in [0, 0.05) is 27.6 Å². The second-order valence-corrected chi connectivity index (χ2v) is 8.22. The number of nitrogens with zero attached hydrogens (tertiary/aromatic N) is 3. The first-order valence-corrected chi connectivity index (χ1v) is 10.6. The summed E-state index contributed by atoms with van der Waals surface area (Å²) in [6.07, 6.45) is 1.69. The van der Waals surface area contributed by atoms with Crippen molar-refractivity contribution in [3.05, 3.63) is 93.6 Å². The van der Waals surface area contributed by atoms with Gasteiger partial charge in [-0.05, 0) is 96.8 Å². The zero-order valence-corrected chi connectivity index (χ0v) is 19.0. The normalized spacial score (nSPS) is 10.5. The Morgan fingerprint density at radius 3 is 2.06 bits per heavy atom. The number of rotatable bonds is 5. The number of hydrogen-bond acceptors (Lipinski definition) is 5. The van der Waals surface area contributed by atoms with Crippen LogP contribution in [0.25, 0.3) is 11.1 Å². The highest BCUT2D eigenvalue weighted by Gasteiger charge is 2.10. The molecule has 2 N–H and O–H groups in total. The van der Waals surface area contributed by atoms with Crippen molar-refractivity contribution in [3.8, 4) is 17.2 Å². The Morgan fingerprint density at radius 1 is 0.812 bits per heavy atom. The van der Waals surface area contributed by atoms with Crippen molar-refractivity contribution in [2.45, 2.75) is 13.8 Å². The van der Waals surface area contributed by atoms with Gasteiger partial charge in [0.1, 0.15) is 5.82 Å². The van der Waals surface area contributed by atoms with Gasteiger partial charge in [-0.25, -0.2) is 4.98 Å². The van der Waals surface area contributed by atoms with E-state index in [1.807, 2.05) is 44.2 Å². The molecular formula is C25H19Cl2N5. The van der Waals surface area contributed by atoms with Crippen LogP contribution in [0.3, 0.4) is 0 Å². The lowest BCUT2D eigenvalue weighted by molar-refractivity contribution is 1.16. The predicted molar refractivity (Wildman–Crippen MR) is 131 cm³/mol. The van der Waals surface area contributed by atoms with E-state index in [1.165, 1.54) is 0 Å². The lowest BCUT2D eigenvalue weighted by Crippen LogP contribution is -2.02. The average Bonchev–Trinajstić information content (AvgIpc) is 2.76. The Morgan fingerprint density at radius 2 is 1.44 bits per heavy atom. The molecule has 7 heteroatoms. The third kappa shape index (κ3) is 5.00. The minimum absolute atomic E-state index is 0.459. The largest absolute Gasteiger partial charge is 0.340 e. The van der Waals surface area contributed by atoms with Gasteiger partial charge in [-0.1, -0.05) is 23.2 Å². The van der Waals surface area contributed by atoms with Gasteiger partial charge >= 0.3 is 0 Å². The second-order valence-electron chi connectivity index (χ2n) is 7.35. The molecule has 3 aromatic carbocycles. The van der Waals surface area contributed by atoms with Crippen LogP contribution in [0.15, 0.2) is 66.9 Å². The minimum Gasteiger partial charge on any atom is -0.340 e. The summed E-state index contributed by atoms with van der Waals surface area (Å²) in [6.45, 7) is 4.09. The number of nitriles is 1. The lowest BCUT2D eigenvalue weighted by atomic mass is 9.99. The highest BCUT2D eigenvalue weighted by atomic mass is 35.5. The molecule has 0 fully saturated rings. The van der Waals surface area contributed by atoms with E-state index in [2.05, 4.69) is 38.8 Å². The van der Waals surface area contributed by atoms with E-state index in [-0.39, 0.29) is 0 Å². The first-order chi connectivity index (χ1) is 15.4. The van der Waals surface area contributed by atoms with Crippen LogP contribution in [0.4, 0.5) is 23.1 Å². The third-order valence-corrected chi connectivity index (χ3v) is 5.34. The number of aryl methyl sites for hydroxylation is 2. The van der Waals surface area contributed by atoms with Crippen molar-refractivity contribution in [1.82, 2.24) is 9.97 Å². The number of benzene rings is 3. The van der Waals surface area contributed by atoms with Crippen LogP contribution in [0.1, 0.15) is 16.7 Å². The van der Waals surface area contributed by atoms with Crippen LogP contribution in [-0.4, -0.2) is 9.97 Å². The molecule has 0 amide bonds. The van der Waals surface area contributed by atoms with Crippen LogP contribution in [-0.2, 0) is 0 Å². The molecule has 0 atom stereocenters. The summed E-state index contributed by atoms with van der Waals surface area (Å²) >= 11 is 12.3. The maximum atomic E-state index is 8.93. The Kier molecular flexibility index (Phi) is 6.27. The molecule has 158 valence electrons. The van der Waals surface area contributed by atoms with E-state index >= 15 is 0 Å². The summed E-state index contributed by atoms with van der Waals surface area (Å²) in [4.78, 5) is 8.84. The number of aromatic nitrogens is 2. The molecule has 0 unspecified atom stereocenters. The summed E-state index contributed by atoms with van der Waals surface area (Å²) in [6, 6.07) is 20.7. The van der Waals surface area contributed by atoms with Crippen molar-refractivity contribution >= 4 is 46.3 Å². The van der Waals surface area contributed by atoms with Crippen molar-refractivity contribution in [2.75, 3.05) is 10.6 Å². The van der Waals surface area contributed by atoms with E-state index in [4.69, 9.17) is 28.5 Å².